The van der Waals surface area contributed by atoms with Gasteiger partial charge in [0.2, 0.25) is 5.88 Å². The normalized spacial score (nSPS) is 12.6. The van der Waals surface area contributed by atoms with Crippen molar-refractivity contribution in [2.45, 2.75) is 6.92 Å². The first kappa shape index (κ1) is 19.3. The summed E-state index contributed by atoms with van der Waals surface area (Å²) in [5.41, 5.74) is 2.27. The second kappa shape index (κ2) is 8.95. The maximum atomic E-state index is 9.88. The van der Waals surface area contributed by atoms with Gasteiger partial charge in [-0.1, -0.05) is 30.3 Å². The summed E-state index contributed by atoms with van der Waals surface area (Å²) < 4.78 is 5.69. The zero-order valence-corrected chi connectivity index (χ0v) is 16.2. The van der Waals surface area contributed by atoms with Crippen molar-refractivity contribution in [1.29, 1.82) is 15.8 Å². The lowest BCUT2D eigenvalue weighted by Crippen LogP contribution is -2.21. The minimum Gasteiger partial charge on any atom is -0.477 e. The Labute approximate surface area is 168 Å². The Morgan fingerprint density at radius 3 is 2.57 bits per heavy atom. The smallest absolute Gasteiger partial charge is 0.234 e. The van der Waals surface area contributed by atoms with Gasteiger partial charge in [-0.15, -0.1) is 11.8 Å². The number of pyridine rings is 1. The Balaban J connectivity index is 2.41. The van der Waals surface area contributed by atoms with E-state index < -0.39 is 0 Å². The predicted molar refractivity (Wildman–Crippen MR) is 109 cm³/mol. The molecule has 0 bridgehead atoms. The standard InChI is InChI=1S/C21H17N5OS/c1-2-27-21-18(13-24)19(16-6-4-3-5-7-16)17(10-15(11-22)12-23)20(25-21)26-8-9-28-14-26/h3-7,10H,2,8-9,14H2,1H3. The number of ether oxygens (including phenoxy) is 1. The van der Waals surface area contributed by atoms with Crippen LogP contribution < -0.4 is 9.64 Å². The van der Waals surface area contributed by atoms with Crippen LogP contribution in [-0.4, -0.2) is 29.8 Å². The van der Waals surface area contributed by atoms with Crippen LogP contribution >= 0.6 is 11.8 Å². The number of hydrogen-bond acceptors (Lipinski definition) is 7. The average Bonchev–Trinajstić information content (AvgIpc) is 3.27. The summed E-state index contributed by atoms with van der Waals surface area (Å²) in [6.07, 6.45) is 1.52. The van der Waals surface area contributed by atoms with Gasteiger partial charge in [0.25, 0.3) is 0 Å². The van der Waals surface area contributed by atoms with Crippen molar-refractivity contribution in [1.82, 2.24) is 4.98 Å². The highest BCUT2D eigenvalue weighted by atomic mass is 32.2. The van der Waals surface area contributed by atoms with E-state index in [0.717, 1.165) is 23.7 Å². The number of rotatable bonds is 5. The lowest BCUT2D eigenvalue weighted by Gasteiger charge is -2.23. The molecule has 0 unspecified atom stereocenters. The molecule has 0 aliphatic carbocycles. The molecular formula is C21H17N5OS. The van der Waals surface area contributed by atoms with Gasteiger partial charge in [0.05, 0.1) is 12.5 Å². The molecule has 0 spiro atoms. The van der Waals surface area contributed by atoms with Crippen LogP contribution in [0.15, 0.2) is 35.9 Å². The molecule has 0 saturated carbocycles. The number of nitriles is 3. The SMILES string of the molecule is CCOc1nc(N2CCSC2)c(C=C(C#N)C#N)c(-c2ccccc2)c1C#N. The van der Waals surface area contributed by atoms with Gasteiger partial charge in [-0.2, -0.15) is 20.8 Å². The van der Waals surface area contributed by atoms with E-state index >= 15 is 0 Å². The van der Waals surface area contributed by atoms with Crippen molar-refractivity contribution < 1.29 is 4.74 Å². The number of nitrogens with zero attached hydrogens (tertiary/aromatic N) is 5. The number of thioether (sulfide) groups is 1. The molecule has 1 aliphatic heterocycles. The Morgan fingerprint density at radius 1 is 1.25 bits per heavy atom. The van der Waals surface area contributed by atoms with E-state index in [2.05, 4.69) is 16.0 Å². The molecular weight excluding hydrogens is 370 g/mol. The number of benzene rings is 1. The first-order chi connectivity index (χ1) is 13.7. The number of anilines is 1. The first-order valence-electron chi connectivity index (χ1n) is 8.74. The Kier molecular flexibility index (Phi) is 6.17. The van der Waals surface area contributed by atoms with Crippen LogP contribution in [0.25, 0.3) is 17.2 Å². The molecule has 0 amide bonds. The van der Waals surface area contributed by atoms with E-state index in [4.69, 9.17) is 4.74 Å². The minimum atomic E-state index is -0.0415. The highest BCUT2D eigenvalue weighted by molar-refractivity contribution is 7.99. The van der Waals surface area contributed by atoms with Crippen LogP contribution in [0.5, 0.6) is 5.88 Å². The molecule has 3 rings (SSSR count). The van der Waals surface area contributed by atoms with E-state index in [0.29, 0.717) is 29.1 Å². The van der Waals surface area contributed by atoms with Gasteiger partial charge in [0.15, 0.2) is 0 Å². The van der Waals surface area contributed by atoms with Crippen LogP contribution in [0.2, 0.25) is 0 Å². The Morgan fingerprint density at radius 2 is 2.00 bits per heavy atom. The van der Waals surface area contributed by atoms with Gasteiger partial charge in [0, 0.05) is 23.4 Å². The molecule has 7 heteroatoms. The second-order valence-electron chi connectivity index (χ2n) is 5.90. The van der Waals surface area contributed by atoms with Gasteiger partial charge in [0.1, 0.15) is 35.2 Å². The fourth-order valence-corrected chi connectivity index (χ4v) is 3.96. The molecule has 0 atom stereocenters. The molecule has 1 aliphatic rings. The molecule has 28 heavy (non-hydrogen) atoms. The van der Waals surface area contributed by atoms with Gasteiger partial charge >= 0.3 is 0 Å². The van der Waals surface area contributed by atoms with Gasteiger partial charge in [-0.05, 0) is 18.6 Å². The van der Waals surface area contributed by atoms with Crippen molar-refractivity contribution in [2.24, 2.45) is 0 Å². The monoisotopic (exact) mass is 387 g/mol. The summed E-state index contributed by atoms with van der Waals surface area (Å²) in [5.74, 6) is 2.59. The summed E-state index contributed by atoms with van der Waals surface area (Å²) >= 11 is 1.78. The number of aromatic nitrogens is 1. The molecule has 1 aromatic heterocycles. The fourth-order valence-electron chi connectivity index (χ4n) is 3.01. The summed E-state index contributed by atoms with van der Waals surface area (Å²) in [5, 5.41) is 28.5. The van der Waals surface area contributed by atoms with Crippen LogP contribution in [0.3, 0.4) is 0 Å². The van der Waals surface area contributed by atoms with E-state index in [1.54, 1.807) is 11.8 Å². The molecule has 6 nitrogen and oxygen atoms in total. The van der Waals surface area contributed by atoms with E-state index in [-0.39, 0.29) is 11.5 Å². The molecule has 1 aromatic carbocycles. The maximum Gasteiger partial charge on any atom is 0.234 e. The summed E-state index contributed by atoms with van der Waals surface area (Å²) in [6, 6.07) is 15.5. The summed E-state index contributed by atoms with van der Waals surface area (Å²) in [6.45, 7) is 3.01. The van der Waals surface area contributed by atoms with Crippen molar-refractivity contribution in [3.63, 3.8) is 0 Å². The molecule has 0 N–H and O–H groups in total. The summed E-state index contributed by atoms with van der Waals surface area (Å²) in [7, 11) is 0. The van der Waals surface area contributed by atoms with Crippen molar-refractivity contribution in [2.75, 3.05) is 29.7 Å². The molecule has 1 saturated heterocycles. The van der Waals surface area contributed by atoms with Crippen molar-refractivity contribution >= 4 is 23.7 Å². The third-order valence-corrected chi connectivity index (χ3v) is 5.18. The first-order valence-corrected chi connectivity index (χ1v) is 9.89. The minimum absolute atomic E-state index is 0.0415. The molecule has 0 radical (unpaired) electrons. The van der Waals surface area contributed by atoms with Crippen LogP contribution in [-0.2, 0) is 0 Å². The van der Waals surface area contributed by atoms with Gasteiger partial charge in [-0.3, -0.25) is 0 Å². The predicted octanol–water partition coefficient (Wildman–Crippen LogP) is 3.96. The molecule has 138 valence electrons. The van der Waals surface area contributed by atoms with Gasteiger partial charge < -0.3 is 9.64 Å². The van der Waals surface area contributed by atoms with Crippen molar-refractivity contribution in [3.8, 4) is 35.2 Å². The topological polar surface area (TPSA) is 96.7 Å². The maximum absolute atomic E-state index is 9.88. The number of allylic oxidation sites excluding steroid dienone is 1. The molecule has 2 aromatic rings. The highest BCUT2D eigenvalue weighted by Gasteiger charge is 2.26. The quantitative estimate of drug-likeness (QED) is 0.716. The lowest BCUT2D eigenvalue weighted by molar-refractivity contribution is 0.326. The summed E-state index contributed by atoms with van der Waals surface area (Å²) in [4.78, 5) is 6.71. The van der Waals surface area contributed by atoms with Crippen molar-refractivity contribution in [3.05, 3.63) is 47.0 Å². The van der Waals surface area contributed by atoms with Crippen LogP contribution in [0.1, 0.15) is 18.1 Å². The van der Waals surface area contributed by atoms with E-state index in [9.17, 15) is 15.8 Å². The zero-order valence-electron chi connectivity index (χ0n) is 15.3. The lowest BCUT2D eigenvalue weighted by atomic mass is 9.94. The van der Waals surface area contributed by atoms with E-state index in [1.165, 1.54) is 6.08 Å². The molecule has 1 fully saturated rings. The van der Waals surface area contributed by atoms with E-state index in [1.807, 2.05) is 49.4 Å². The Bertz CT molecular complexity index is 1010. The average molecular weight is 387 g/mol. The van der Waals surface area contributed by atoms with Crippen LogP contribution in [0.4, 0.5) is 5.82 Å². The number of hydrogen-bond donors (Lipinski definition) is 0. The second-order valence-corrected chi connectivity index (χ2v) is 6.97. The van der Waals surface area contributed by atoms with Gasteiger partial charge in [-0.25, -0.2) is 0 Å². The largest absolute Gasteiger partial charge is 0.477 e. The van der Waals surface area contributed by atoms with Crippen LogP contribution in [0, 0.1) is 34.0 Å². The highest BCUT2D eigenvalue weighted by Crippen LogP contribution is 2.40. The fraction of sp³-hybridized carbons (Fsp3) is 0.238. The Hall–Kier alpha value is -3.47. The molecule has 2 heterocycles. The zero-order chi connectivity index (χ0) is 19.9. The third-order valence-electron chi connectivity index (χ3n) is 4.22. The third kappa shape index (κ3) is 3.78.